The predicted molar refractivity (Wildman–Crippen MR) is 149 cm³/mol. The van der Waals surface area contributed by atoms with Gasteiger partial charge in [0.2, 0.25) is 15.7 Å². The van der Waals surface area contributed by atoms with Crippen molar-refractivity contribution in [2.24, 2.45) is 0 Å². The molecule has 3 aromatic carbocycles. The molecule has 2 heterocycles. The van der Waals surface area contributed by atoms with Crippen LogP contribution in [0.4, 0.5) is 11.4 Å². The number of anilines is 2. The summed E-state index contributed by atoms with van der Waals surface area (Å²) in [5, 5.41) is 7.34. The summed E-state index contributed by atoms with van der Waals surface area (Å²) in [5.41, 5.74) is 5.65. The largest absolute Gasteiger partial charge is 0.369 e. The van der Waals surface area contributed by atoms with Crippen molar-refractivity contribution in [1.29, 1.82) is 0 Å². The van der Waals surface area contributed by atoms with Crippen LogP contribution in [-0.2, 0) is 14.6 Å². The van der Waals surface area contributed by atoms with Gasteiger partial charge in [-0.2, -0.15) is 0 Å². The Morgan fingerprint density at radius 2 is 1.70 bits per heavy atom. The quantitative estimate of drug-likeness (QED) is 0.383. The highest BCUT2D eigenvalue weighted by Gasteiger charge is 2.21. The van der Waals surface area contributed by atoms with E-state index in [1.807, 2.05) is 33.0 Å². The van der Waals surface area contributed by atoms with E-state index in [9.17, 15) is 13.2 Å². The van der Waals surface area contributed by atoms with Gasteiger partial charge in [0, 0.05) is 55.6 Å². The van der Waals surface area contributed by atoms with Gasteiger partial charge in [-0.3, -0.25) is 4.79 Å². The first-order valence-electron chi connectivity index (χ1n) is 12.6. The fourth-order valence-electron chi connectivity index (χ4n) is 4.88. The number of carbonyl (C=O) groups is 1. The third-order valence-corrected chi connectivity index (χ3v) is 8.81. The van der Waals surface area contributed by atoms with E-state index in [1.165, 1.54) is 0 Å². The van der Waals surface area contributed by atoms with Gasteiger partial charge in [-0.1, -0.05) is 25.1 Å². The second kappa shape index (κ2) is 10.0. The third kappa shape index (κ3) is 4.74. The van der Waals surface area contributed by atoms with Crippen LogP contribution >= 0.6 is 0 Å². The van der Waals surface area contributed by atoms with Crippen molar-refractivity contribution in [2.75, 3.05) is 36.4 Å². The molecular weight excluding hydrogens is 484 g/mol. The van der Waals surface area contributed by atoms with Gasteiger partial charge in [-0.25, -0.2) is 8.42 Å². The molecule has 0 unspecified atom stereocenters. The zero-order chi connectivity index (χ0) is 26.2. The van der Waals surface area contributed by atoms with E-state index in [2.05, 4.69) is 32.2 Å². The van der Waals surface area contributed by atoms with Crippen molar-refractivity contribution in [3.05, 3.63) is 78.0 Å². The maximum Gasteiger partial charge on any atom is 0.224 e. The molecule has 1 amide bonds. The number of nitrogens with one attached hydrogen (secondary N) is 2. The van der Waals surface area contributed by atoms with E-state index in [0.29, 0.717) is 6.42 Å². The van der Waals surface area contributed by atoms with E-state index < -0.39 is 9.84 Å². The molecule has 37 heavy (non-hydrogen) atoms. The molecule has 2 N–H and O–H groups in total. The number of benzene rings is 3. The van der Waals surface area contributed by atoms with Crippen molar-refractivity contribution in [2.45, 2.75) is 37.0 Å². The number of aryl methyl sites for hydroxylation is 1. The van der Waals surface area contributed by atoms with Crippen LogP contribution in [0, 0.1) is 13.8 Å². The topological polar surface area (TPSA) is 83.4 Å². The predicted octanol–water partition coefficient (Wildman–Crippen LogP) is 4.84. The van der Waals surface area contributed by atoms with Crippen LogP contribution in [0.1, 0.15) is 24.5 Å². The highest BCUT2D eigenvalue weighted by atomic mass is 32.2. The average molecular weight is 517 g/mol. The van der Waals surface area contributed by atoms with Gasteiger partial charge in [-0.05, 0) is 67.4 Å². The summed E-state index contributed by atoms with van der Waals surface area (Å²) in [4.78, 5) is 15.2. The fraction of sp³-hybridized carbons (Fsp3) is 0.276. The summed E-state index contributed by atoms with van der Waals surface area (Å²) in [6, 6.07) is 18.0. The molecule has 7 nitrogen and oxygen atoms in total. The normalized spacial score (nSPS) is 14.2. The summed E-state index contributed by atoms with van der Waals surface area (Å²) < 4.78 is 28.6. The molecule has 0 saturated carbocycles. The van der Waals surface area contributed by atoms with Gasteiger partial charge >= 0.3 is 0 Å². The molecule has 0 bridgehead atoms. The van der Waals surface area contributed by atoms with E-state index in [-0.39, 0.29) is 15.7 Å². The summed E-state index contributed by atoms with van der Waals surface area (Å²) in [5.74, 6) is -0.0317. The van der Waals surface area contributed by atoms with Gasteiger partial charge < -0.3 is 20.1 Å². The maximum atomic E-state index is 13.3. The van der Waals surface area contributed by atoms with Crippen molar-refractivity contribution in [3.63, 3.8) is 0 Å². The van der Waals surface area contributed by atoms with Gasteiger partial charge in [0.1, 0.15) is 0 Å². The second-order valence-corrected chi connectivity index (χ2v) is 11.4. The van der Waals surface area contributed by atoms with Crippen LogP contribution in [0.2, 0.25) is 0 Å². The first-order chi connectivity index (χ1) is 17.8. The summed E-state index contributed by atoms with van der Waals surface area (Å²) in [7, 11) is -3.62. The number of hydrogen-bond donors (Lipinski definition) is 2. The van der Waals surface area contributed by atoms with Crippen LogP contribution in [0.5, 0.6) is 0 Å². The molecule has 4 aromatic rings. The van der Waals surface area contributed by atoms with Crippen LogP contribution < -0.4 is 15.5 Å². The number of amides is 1. The molecule has 0 spiro atoms. The molecule has 0 atom stereocenters. The Bertz CT molecular complexity index is 1570. The number of sulfone groups is 1. The van der Waals surface area contributed by atoms with Gasteiger partial charge in [0.05, 0.1) is 21.0 Å². The zero-order valence-electron chi connectivity index (χ0n) is 21.4. The minimum atomic E-state index is -3.62. The molecule has 0 radical (unpaired) electrons. The van der Waals surface area contributed by atoms with E-state index in [4.69, 9.17) is 0 Å². The van der Waals surface area contributed by atoms with E-state index in [0.717, 1.165) is 65.3 Å². The first-order valence-corrected chi connectivity index (χ1v) is 14.1. The molecule has 1 aliphatic rings. The molecule has 8 heteroatoms. The third-order valence-electron chi connectivity index (χ3n) is 7.04. The Morgan fingerprint density at radius 1 is 0.973 bits per heavy atom. The highest BCUT2D eigenvalue weighted by molar-refractivity contribution is 7.91. The van der Waals surface area contributed by atoms with Crippen molar-refractivity contribution >= 4 is 38.0 Å². The zero-order valence-corrected chi connectivity index (χ0v) is 22.2. The van der Waals surface area contributed by atoms with Crippen LogP contribution in [-0.4, -0.2) is 45.1 Å². The van der Waals surface area contributed by atoms with Crippen molar-refractivity contribution in [1.82, 2.24) is 9.88 Å². The average Bonchev–Trinajstić information content (AvgIpc) is 3.26. The molecule has 1 saturated heterocycles. The Balaban J connectivity index is 1.65. The highest BCUT2D eigenvalue weighted by Crippen LogP contribution is 2.35. The van der Waals surface area contributed by atoms with Gasteiger partial charge in [-0.15, -0.1) is 0 Å². The van der Waals surface area contributed by atoms with Gasteiger partial charge in [0.25, 0.3) is 0 Å². The van der Waals surface area contributed by atoms with Crippen LogP contribution in [0.15, 0.2) is 76.7 Å². The number of hydrogen-bond acceptors (Lipinski definition) is 5. The van der Waals surface area contributed by atoms with Gasteiger partial charge in [0.15, 0.2) is 0 Å². The lowest BCUT2D eigenvalue weighted by Gasteiger charge is -2.31. The van der Waals surface area contributed by atoms with Crippen molar-refractivity contribution in [3.8, 4) is 5.69 Å². The fourth-order valence-corrected chi connectivity index (χ4v) is 6.19. The maximum absolute atomic E-state index is 13.3. The number of aromatic nitrogens is 1. The van der Waals surface area contributed by atoms with Crippen molar-refractivity contribution < 1.29 is 13.2 Å². The summed E-state index contributed by atoms with van der Waals surface area (Å²) >= 11 is 0. The molecule has 1 aromatic heterocycles. The number of carbonyl (C=O) groups excluding carboxylic acids is 1. The second-order valence-electron chi connectivity index (χ2n) is 9.45. The van der Waals surface area contributed by atoms with E-state index in [1.54, 1.807) is 42.5 Å². The molecule has 1 fully saturated rings. The lowest BCUT2D eigenvalue weighted by atomic mass is 10.1. The lowest BCUT2D eigenvalue weighted by Crippen LogP contribution is -2.43. The number of rotatable bonds is 6. The Labute approximate surface area is 218 Å². The molecule has 0 aliphatic carbocycles. The minimum Gasteiger partial charge on any atom is -0.369 e. The monoisotopic (exact) mass is 516 g/mol. The molecule has 1 aliphatic heterocycles. The summed E-state index contributed by atoms with van der Waals surface area (Å²) in [6.07, 6.45) is 2.44. The Kier molecular flexibility index (Phi) is 6.79. The molecular formula is C29H32N4O3S. The Hall–Kier alpha value is -3.62. The SMILES string of the molecule is CCC(=O)Nc1cc(N2CCNCC2)cc(-n2cc(C)c3cc(S(=O)(=O)c4ccccc4)ccc32)c1C. The first kappa shape index (κ1) is 25.0. The summed E-state index contributed by atoms with van der Waals surface area (Å²) in [6.45, 7) is 9.43. The van der Waals surface area contributed by atoms with Crippen LogP contribution in [0.3, 0.4) is 0 Å². The van der Waals surface area contributed by atoms with Crippen LogP contribution in [0.25, 0.3) is 16.6 Å². The lowest BCUT2D eigenvalue weighted by molar-refractivity contribution is -0.115. The number of fused-ring (bicyclic) bond motifs is 1. The number of nitrogens with zero attached hydrogens (tertiary/aromatic N) is 2. The standard InChI is InChI=1S/C29H32N4O3S/c1-4-29(34)31-26-16-22(32-14-12-30-13-15-32)17-28(21(26)3)33-19-20(2)25-18-24(10-11-27(25)33)37(35,36)23-8-6-5-7-9-23/h5-11,16-19,30H,4,12-15H2,1-3H3,(H,31,34). The molecule has 192 valence electrons. The number of piperazine rings is 1. The smallest absolute Gasteiger partial charge is 0.224 e. The minimum absolute atomic E-state index is 0.0317. The Morgan fingerprint density at radius 3 is 2.41 bits per heavy atom. The molecule has 5 rings (SSSR count). The van der Waals surface area contributed by atoms with E-state index >= 15 is 0 Å².